The van der Waals surface area contributed by atoms with Gasteiger partial charge in [0.2, 0.25) is 10.0 Å². The SMILES string of the molecule is CCCn1c(CN2CCC[C@@H]2CN2C[C@H](C)O[C@@H](C)C2)nc2cc(S(=O)(=O)N(C)C)ccc21. The van der Waals surface area contributed by atoms with Crippen molar-refractivity contribution in [2.75, 3.05) is 40.3 Å². The number of likely N-dealkylation sites (tertiary alicyclic amines) is 1. The first-order valence-electron chi connectivity index (χ1n) is 12.2. The lowest BCUT2D eigenvalue weighted by Crippen LogP contribution is -2.50. The third-order valence-electron chi connectivity index (χ3n) is 6.83. The van der Waals surface area contributed by atoms with Crippen LogP contribution in [0.1, 0.15) is 45.9 Å². The van der Waals surface area contributed by atoms with E-state index in [1.54, 1.807) is 26.2 Å². The highest BCUT2D eigenvalue weighted by Gasteiger charge is 2.31. The first kappa shape index (κ1) is 24.6. The molecule has 0 bridgehead atoms. The van der Waals surface area contributed by atoms with Crippen LogP contribution < -0.4 is 0 Å². The lowest BCUT2D eigenvalue weighted by atomic mass is 10.1. The van der Waals surface area contributed by atoms with Gasteiger partial charge in [-0.1, -0.05) is 6.92 Å². The van der Waals surface area contributed by atoms with E-state index in [-0.39, 0.29) is 12.2 Å². The van der Waals surface area contributed by atoms with Crippen LogP contribution in [0.2, 0.25) is 0 Å². The Kier molecular flexibility index (Phi) is 7.45. The zero-order valence-electron chi connectivity index (χ0n) is 20.7. The molecule has 1 aromatic carbocycles. The number of hydrogen-bond acceptors (Lipinski definition) is 6. The van der Waals surface area contributed by atoms with Crippen molar-refractivity contribution < 1.29 is 13.2 Å². The third kappa shape index (κ3) is 5.27. The Morgan fingerprint density at radius 1 is 1.18 bits per heavy atom. The molecule has 0 aliphatic carbocycles. The summed E-state index contributed by atoms with van der Waals surface area (Å²) in [4.78, 5) is 10.3. The summed E-state index contributed by atoms with van der Waals surface area (Å²) in [5.74, 6) is 1.03. The van der Waals surface area contributed by atoms with Gasteiger partial charge in [-0.15, -0.1) is 0 Å². The molecule has 4 rings (SSSR count). The van der Waals surface area contributed by atoms with Crippen LogP contribution >= 0.6 is 0 Å². The molecule has 9 heteroatoms. The number of rotatable bonds is 8. The largest absolute Gasteiger partial charge is 0.373 e. The van der Waals surface area contributed by atoms with Gasteiger partial charge < -0.3 is 9.30 Å². The zero-order chi connectivity index (χ0) is 23.8. The molecule has 0 saturated carbocycles. The number of imidazole rings is 1. The van der Waals surface area contributed by atoms with Crippen molar-refractivity contribution in [1.29, 1.82) is 0 Å². The van der Waals surface area contributed by atoms with Crippen molar-refractivity contribution in [3.63, 3.8) is 0 Å². The number of fused-ring (bicyclic) bond motifs is 1. The summed E-state index contributed by atoms with van der Waals surface area (Å²) >= 11 is 0. The van der Waals surface area contributed by atoms with Gasteiger partial charge >= 0.3 is 0 Å². The van der Waals surface area contributed by atoms with E-state index in [0.29, 0.717) is 10.9 Å². The summed E-state index contributed by atoms with van der Waals surface area (Å²) < 4.78 is 34.7. The Hall–Kier alpha value is -1.52. The van der Waals surface area contributed by atoms with E-state index in [1.165, 1.54) is 17.1 Å². The molecule has 0 radical (unpaired) electrons. The van der Waals surface area contributed by atoms with Gasteiger partial charge in [0, 0.05) is 46.3 Å². The van der Waals surface area contributed by atoms with Crippen molar-refractivity contribution in [2.24, 2.45) is 0 Å². The minimum absolute atomic E-state index is 0.282. The zero-order valence-corrected chi connectivity index (χ0v) is 21.5. The Bertz CT molecular complexity index is 1060. The summed E-state index contributed by atoms with van der Waals surface area (Å²) in [6, 6.07) is 5.85. The first-order chi connectivity index (χ1) is 15.7. The second-order valence-corrected chi connectivity index (χ2v) is 12.0. The minimum Gasteiger partial charge on any atom is -0.373 e. The number of aryl methyl sites for hydroxylation is 1. The van der Waals surface area contributed by atoms with E-state index in [1.807, 2.05) is 6.07 Å². The molecular formula is C24H39N5O3S. The van der Waals surface area contributed by atoms with Gasteiger partial charge in [-0.25, -0.2) is 17.7 Å². The fourth-order valence-electron chi connectivity index (χ4n) is 5.35. The molecule has 33 heavy (non-hydrogen) atoms. The van der Waals surface area contributed by atoms with E-state index >= 15 is 0 Å². The molecule has 3 heterocycles. The highest BCUT2D eigenvalue weighted by Crippen LogP contribution is 2.26. The van der Waals surface area contributed by atoms with Gasteiger partial charge in [0.15, 0.2) is 0 Å². The smallest absolute Gasteiger partial charge is 0.242 e. The van der Waals surface area contributed by atoms with Crippen LogP contribution in [-0.4, -0.2) is 90.6 Å². The van der Waals surface area contributed by atoms with Gasteiger partial charge in [0.1, 0.15) is 5.82 Å². The van der Waals surface area contributed by atoms with E-state index < -0.39 is 10.0 Å². The Labute approximate surface area is 198 Å². The molecule has 2 aliphatic rings. The Balaban J connectivity index is 1.57. The van der Waals surface area contributed by atoms with E-state index in [4.69, 9.17) is 9.72 Å². The standard InChI is InChI=1S/C24H39N5O3S/c1-6-11-29-23-10-9-21(33(30,31)26(4)5)13-22(23)25-24(29)17-28-12-7-8-20(28)16-27-14-18(2)32-19(3)15-27/h9-10,13,18-20H,6-8,11-12,14-17H2,1-5H3/t18-,19-,20+/m0/s1. The monoisotopic (exact) mass is 477 g/mol. The number of benzene rings is 1. The van der Waals surface area contributed by atoms with Gasteiger partial charge in [0.05, 0.1) is 34.7 Å². The Morgan fingerprint density at radius 3 is 2.58 bits per heavy atom. The van der Waals surface area contributed by atoms with E-state index in [0.717, 1.165) is 62.5 Å². The molecule has 2 aliphatic heterocycles. The highest BCUT2D eigenvalue weighted by atomic mass is 32.2. The normalized spacial score (nSPS) is 25.5. The van der Waals surface area contributed by atoms with Crippen molar-refractivity contribution in [3.05, 3.63) is 24.0 Å². The molecule has 0 N–H and O–H groups in total. The first-order valence-corrected chi connectivity index (χ1v) is 13.7. The molecule has 0 spiro atoms. The average Bonchev–Trinajstić information content (AvgIpc) is 3.31. The predicted octanol–water partition coefficient (Wildman–Crippen LogP) is 2.77. The predicted molar refractivity (Wildman–Crippen MR) is 131 cm³/mol. The van der Waals surface area contributed by atoms with Crippen LogP contribution in [0.15, 0.2) is 23.1 Å². The summed E-state index contributed by atoms with van der Waals surface area (Å²) in [5, 5.41) is 0. The van der Waals surface area contributed by atoms with Gasteiger partial charge in [0.25, 0.3) is 0 Å². The van der Waals surface area contributed by atoms with Crippen molar-refractivity contribution in [2.45, 2.75) is 76.3 Å². The molecule has 1 aromatic heterocycles. The molecule has 2 aromatic rings. The maximum atomic E-state index is 12.6. The quantitative estimate of drug-likeness (QED) is 0.582. The van der Waals surface area contributed by atoms with Gasteiger partial charge in [-0.3, -0.25) is 9.80 Å². The molecule has 2 fully saturated rings. The van der Waals surface area contributed by atoms with Crippen molar-refractivity contribution >= 4 is 21.1 Å². The summed E-state index contributed by atoms with van der Waals surface area (Å²) in [7, 11) is -0.364. The number of nitrogens with zero attached hydrogens (tertiary/aromatic N) is 5. The summed E-state index contributed by atoms with van der Waals surface area (Å²) in [5.41, 5.74) is 1.77. The number of morpholine rings is 1. The summed E-state index contributed by atoms with van der Waals surface area (Å²) in [6.45, 7) is 12.3. The minimum atomic E-state index is -3.48. The number of hydrogen-bond donors (Lipinski definition) is 0. The second-order valence-electron chi connectivity index (χ2n) is 9.86. The lowest BCUT2D eigenvalue weighted by molar-refractivity contribution is -0.0725. The van der Waals surface area contributed by atoms with E-state index in [9.17, 15) is 8.42 Å². The van der Waals surface area contributed by atoms with E-state index in [2.05, 4.69) is 35.1 Å². The van der Waals surface area contributed by atoms with Crippen LogP contribution in [0.25, 0.3) is 11.0 Å². The third-order valence-corrected chi connectivity index (χ3v) is 8.64. The Morgan fingerprint density at radius 2 is 1.91 bits per heavy atom. The fraction of sp³-hybridized carbons (Fsp3) is 0.708. The molecule has 0 amide bonds. The fourth-order valence-corrected chi connectivity index (χ4v) is 6.27. The molecule has 184 valence electrons. The molecule has 8 nitrogen and oxygen atoms in total. The van der Waals surface area contributed by atoms with Crippen LogP contribution in [0.5, 0.6) is 0 Å². The second kappa shape index (κ2) is 10.00. The van der Waals surface area contributed by atoms with Crippen LogP contribution in [0, 0.1) is 0 Å². The maximum absolute atomic E-state index is 12.6. The molecule has 2 saturated heterocycles. The van der Waals surface area contributed by atoms with Crippen LogP contribution in [-0.2, 0) is 27.8 Å². The average molecular weight is 478 g/mol. The van der Waals surface area contributed by atoms with Gasteiger partial charge in [-0.05, 0) is 57.9 Å². The maximum Gasteiger partial charge on any atom is 0.242 e. The lowest BCUT2D eigenvalue weighted by Gasteiger charge is -2.38. The number of aromatic nitrogens is 2. The molecular weight excluding hydrogens is 438 g/mol. The number of sulfonamides is 1. The highest BCUT2D eigenvalue weighted by molar-refractivity contribution is 7.89. The summed E-state index contributed by atoms with van der Waals surface area (Å²) in [6.07, 6.45) is 3.98. The van der Waals surface area contributed by atoms with Gasteiger partial charge in [-0.2, -0.15) is 0 Å². The van der Waals surface area contributed by atoms with Crippen LogP contribution in [0.4, 0.5) is 0 Å². The van der Waals surface area contributed by atoms with Crippen LogP contribution in [0.3, 0.4) is 0 Å². The topological polar surface area (TPSA) is 70.9 Å². The number of ether oxygens (including phenoxy) is 1. The molecule has 0 unspecified atom stereocenters. The van der Waals surface area contributed by atoms with Crippen molar-refractivity contribution in [3.8, 4) is 0 Å². The van der Waals surface area contributed by atoms with Crippen molar-refractivity contribution in [1.82, 2.24) is 23.7 Å². The molecule has 3 atom stereocenters.